The van der Waals surface area contributed by atoms with Crippen molar-refractivity contribution >= 4 is 27.5 Å². The zero-order valence-electron chi connectivity index (χ0n) is 16.4. The van der Waals surface area contributed by atoms with Gasteiger partial charge in [-0.3, -0.25) is 9.48 Å². The molecule has 0 aliphatic heterocycles. The van der Waals surface area contributed by atoms with E-state index in [2.05, 4.69) is 31.1 Å². The molecule has 4 rings (SSSR count). The average Bonchev–Trinajstić information content (AvgIpc) is 3.30. The van der Waals surface area contributed by atoms with Gasteiger partial charge in [0.25, 0.3) is 5.91 Å². The van der Waals surface area contributed by atoms with Crippen molar-refractivity contribution < 1.29 is 18.0 Å². The minimum Gasteiger partial charge on any atom is -0.334 e. The molecule has 0 aliphatic rings. The third kappa shape index (κ3) is 4.05. The summed E-state index contributed by atoms with van der Waals surface area (Å²) in [5.74, 6) is -0.534. The van der Waals surface area contributed by atoms with Crippen molar-refractivity contribution in [3.05, 3.63) is 70.2 Å². The highest BCUT2D eigenvalue weighted by molar-refractivity contribution is 9.10. The van der Waals surface area contributed by atoms with Gasteiger partial charge in [-0.15, -0.1) is 0 Å². The van der Waals surface area contributed by atoms with E-state index in [1.54, 1.807) is 55.3 Å². The molecule has 0 fully saturated rings. The quantitative estimate of drug-likeness (QED) is 0.428. The second kappa shape index (κ2) is 7.80. The Morgan fingerprint density at radius 3 is 2.52 bits per heavy atom. The number of amides is 1. The van der Waals surface area contributed by atoms with E-state index in [0.717, 1.165) is 16.2 Å². The van der Waals surface area contributed by atoms with Crippen LogP contribution in [-0.4, -0.2) is 42.2 Å². The predicted molar refractivity (Wildman–Crippen MR) is 110 cm³/mol. The lowest BCUT2D eigenvalue weighted by molar-refractivity contribution is -0.142. The summed E-state index contributed by atoms with van der Waals surface area (Å²) in [5, 5.41) is 8.01. The maximum Gasteiger partial charge on any atom is 0.433 e. The predicted octanol–water partition coefficient (Wildman–Crippen LogP) is 4.18. The lowest BCUT2D eigenvalue weighted by Crippen LogP contribution is -2.28. The summed E-state index contributed by atoms with van der Waals surface area (Å²) in [6, 6.07) is 10.7. The second-order valence-electron chi connectivity index (χ2n) is 6.91. The van der Waals surface area contributed by atoms with Crippen molar-refractivity contribution in [2.45, 2.75) is 12.7 Å². The Morgan fingerprint density at radius 2 is 1.90 bits per heavy atom. The van der Waals surface area contributed by atoms with Gasteiger partial charge in [0.15, 0.2) is 17.0 Å². The first-order chi connectivity index (χ1) is 14.6. The smallest absolute Gasteiger partial charge is 0.334 e. The summed E-state index contributed by atoms with van der Waals surface area (Å²) >= 11 is 3.36. The molecule has 0 saturated carbocycles. The number of halogens is 4. The van der Waals surface area contributed by atoms with Crippen LogP contribution in [0.5, 0.6) is 0 Å². The Labute approximate surface area is 183 Å². The van der Waals surface area contributed by atoms with Crippen molar-refractivity contribution in [1.82, 2.24) is 29.3 Å². The zero-order chi connectivity index (χ0) is 22.3. The van der Waals surface area contributed by atoms with Crippen molar-refractivity contribution in [1.29, 1.82) is 0 Å². The molecule has 1 amide bonds. The largest absolute Gasteiger partial charge is 0.433 e. The van der Waals surface area contributed by atoms with E-state index < -0.39 is 17.8 Å². The van der Waals surface area contributed by atoms with Gasteiger partial charge in [0, 0.05) is 25.7 Å². The van der Waals surface area contributed by atoms with Gasteiger partial charge in [0.05, 0.1) is 28.6 Å². The summed E-state index contributed by atoms with van der Waals surface area (Å²) in [6.07, 6.45) is -3.08. The van der Waals surface area contributed by atoms with E-state index in [0.29, 0.717) is 10.1 Å². The average molecular weight is 493 g/mol. The number of aryl methyl sites for hydroxylation is 1. The summed E-state index contributed by atoms with van der Waals surface area (Å²) in [4.78, 5) is 18.5. The maximum atomic E-state index is 13.7. The second-order valence-corrected chi connectivity index (χ2v) is 7.77. The van der Waals surface area contributed by atoms with Gasteiger partial charge in [-0.25, -0.2) is 9.50 Å². The lowest BCUT2D eigenvalue weighted by Gasteiger charge is -2.16. The number of rotatable bonds is 4. The van der Waals surface area contributed by atoms with Crippen LogP contribution in [0.3, 0.4) is 0 Å². The molecule has 0 N–H and O–H groups in total. The lowest BCUT2D eigenvalue weighted by atomic mass is 10.1. The van der Waals surface area contributed by atoms with Crippen molar-refractivity contribution in [2.75, 3.05) is 7.05 Å². The van der Waals surface area contributed by atoms with E-state index in [9.17, 15) is 18.0 Å². The van der Waals surface area contributed by atoms with Crippen LogP contribution in [0.25, 0.3) is 16.9 Å². The summed E-state index contributed by atoms with van der Waals surface area (Å²) < 4.78 is 44.2. The maximum absolute atomic E-state index is 13.7. The van der Waals surface area contributed by atoms with Crippen molar-refractivity contribution in [2.24, 2.45) is 7.05 Å². The Kier molecular flexibility index (Phi) is 5.29. The fourth-order valence-electron chi connectivity index (χ4n) is 3.14. The van der Waals surface area contributed by atoms with Gasteiger partial charge < -0.3 is 4.90 Å². The fraction of sp³-hybridized carbons (Fsp3) is 0.200. The number of alkyl halides is 3. The normalized spacial score (nSPS) is 11.8. The number of carbonyl (C=O) groups is 1. The minimum absolute atomic E-state index is 0.0628. The molecule has 0 radical (unpaired) electrons. The topological polar surface area (TPSA) is 68.3 Å². The Morgan fingerprint density at radius 1 is 1.19 bits per heavy atom. The van der Waals surface area contributed by atoms with Gasteiger partial charge in [-0.1, -0.05) is 30.3 Å². The van der Waals surface area contributed by atoms with E-state index in [4.69, 9.17) is 0 Å². The molecular formula is C20H16BrF3N6O. The summed E-state index contributed by atoms with van der Waals surface area (Å²) in [6.45, 7) is 0.193. The molecule has 3 heterocycles. The molecule has 0 saturated heterocycles. The first-order valence-corrected chi connectivity index (χ1v) is 9.89. The third-order valence-electron chi connectivity index (χ3n) is 4.75. The number of aromatic nitrogens is 5. The van der Waals surface area contributed by atoms with E-state index in [-0.39, 0.29) is 23.6 Å². The monoisotopic (exact) mass is 492 g/mol. The molecular weight excluding hydrogens is 477 g/mol. The number of carbonyl (C=O) groups excluding carboxylic acids is 1. The van der Waals surface area contributed by atoms with Crippen LogP contribution < -0.4 is 0 Å². The number of nitrogens with zero attached hydrogens (tertiary/aromatic N) is 6. The van der Waals surface area contributed by atoms with Gasteiger partial charge in [0.2, 0.25) is 0 Å². The molecule has 11 heteroatoms. The van der Waals surface area contributed by atoms with Crippen LogP contribution in [0, 0.1) is 0 Å². The van der Waals surface area contributed by atoms with E-state index in [1.807, 2.05) is 0 Å². The Balaban J connectivity index is 1.75. The van der Waals surface area contributed by atoms with Crippen LogP contribution in [0.15, 0.2) is 53.1 Å². The van der Waals surface area contributed by atoms with Crippen molar-refractivity contribution in [3.8, 4) is 11.3 Å². The molecule has 4 aromatic rings. The summed E-state index contributed by atoms with van der Waals surface area (Å²) in [7, 11) is 3.27. The highest BCUT2D eigenvalue weighted by atomic mass is 79.9. The molecule has 7 nitrogen and oxygen atoms in total. The molecule has 0 atom stereocenters. The molecule has 31 heavy (non-hydrogen) atoms. The van der Waals surface area contributed by atoms with Gasteiger partial charge in [0.1, 0.15) is 0 Å². The number of fused-ring (bicyclic) bond motifs is 1. The Hall–Kier alpha value is -3.21. The number of benzene rings is 1. The standard InChI is InChI=1S/C20H16BrF3N6O/c1-28(11-16-13(21)10-25-29(16)2)19(31)15-9-18-26-14(12-6-4-3-5-7-12)8-17(20(22,23)24)30(18)27-15/h3-10H,11H2,1-2H3. The molecule has 0 unspecified atom stereocenters. The Bertz CT molecular complexity index is 1250. The highest BCUT2D eigenvalue weighted by Gasteiger charge is 2.36. The molecule has 160 valence electrons. The van der Waals surface area contributed by atoms with Gasteiger partial charge >= 0.3 is 6.18 Å². The van der Waals surface area contributed by atoms with E-state index in [1.165, 1.54) is 11.0 Å². The van der Waals surface area contributed by atoms with Gasteiger partial charge in [-0.05, 0) is 22.0 Å². The van der Waals surface area contributed by atoms with E-state index >= 15 is 0 Å². The number of hydrogen-bond donors (Lipinski definition) is 0. The van der Waals surface area contributed by atoms with Crippen LogP contribution in [0.4, 0.5) is 13.2 Å². The highest BCUT2D eigenvalue weighted by Crippen LogP contribution is 2.32. The van der Waals surface area contributed by atoms with Gasteiger partial charge in [-0.2, -0.15) is 23.4 Å². The summed E-state index contributed by atoms with van der Waals surface area (Å²) in [5.41, 5.74) is 0.206. The van der Waals surface area contributed by atoms with Crippen LogP contribution in [0.1, 0.15) is 21.9 Å². The van der Waals surface area contributed by atoms with Crippen LogP contribution >= 0.6 is 15.9 Å². The van der Waals surface area contributed by atoms with Crippen LogP contribution in [0.2, 0.25) is 0 Å². The first kappa shape index (κ1) is 21.0. The molecule has 0 aliphatic carbocycles. The van der Waals surface area contributed by atoms with Crippen LogP contribution in [-0.2, 0) is 19.8 Å². The third-order valence-corrected chi connectivity index (χ3v) is 5.41. The van der Waals surface area contributed by atoms with Crippen molar-refractivity contribution in [3.63, 3.8) is 0 Å². The molecule has 3 aromatic heterocycles. The SMILES string of the molecule is CN(Cc1c(Br)cnn1C)C(=O)c1cc2nc(-c3ccccc3)cc(C(F)(F)F)n2n1. The molecule has 1 aromatic carbocycles. The fourth-order valence-corrected chi connectivity index (χ4v) is 3.62. The first-order valence-electron chi connectivity index (χ1n) is 9.10. The molecule has 0 spiro atoms. The zero-order valence-corrected chi connectivity index (χ0v) is 18.0. The minimum atomic E-state index is -4.68. The molecule has 0 bridgehead atoms. The number of hydrogen-bond acceptors (Lipinski definition) is 4.